The highest BCUT2D eigenvalue weighted by atomic mass is 127. The maximum absolute atomic E-state index is 8.49. The van der Waals surface area contributed by atoms with Crippen molar-refractivity contribution in [1.29, 1.82) is 0 Å². The van der Waals surface area contributed by atoms with E-state index in [1.54, 1.807) is 0 Å². The topological polar surface area (TPSA) is 115 Å². The molecule has 0 fully saturated rings. The first-order valence-corrected chi connectivity index (χ1v) is 9.18. The van der Waals surface area contributed by atoms with Crippen LogP contribution >= 0.6 is 22.6 Å². The van der Waals surface area contributed by atoms with Gasteiger partial charge in [0, 0.05) is 12.1 Å². The van der Waals surface area contributed by atoms with Crippen LogP contribution in [0.5, 0.6) is 5.75 Å². The Hall–Kier alpha value is -1.01. The average molecular weight is 470 g/mol. The second kappa shape index (κ2) is 11.5. The van der Waals surface area contributed by atoms with Gasteiger partial charge in [-0.3, -0.25) is 0 Å². The van der Waals surface area contributed by atoms with Crippen LogP contribution in [0.15, 0.2) is 54.9 Å². The van der Waals surface area contributed by atoms with Crippen molar-refractivity contribution in [1.82, 2.24) is 0 Å². The fraction of sp³-hybridized carbons (Fsp3) is 0.267. The molecule has 7 nitrogen and oxygen atoms in total. The molecule has 0 aliphatic carbocycles. The minimum atomic E-state index is -4.94. The molecule has 0 radical (unpaired) electrons. The zero-order valence-corrected chi connectivity index (χ0v) is 15.6. The van der Waals surface area contributed by atoms with Crippen LogP contribution in [0.3, 0.4) is 0 Å². The summed E-state index contributed by atoms with van der Waals surface area (Å²) in [5.74, 6) is 0.920. The smallest absolute Gasteiger partial charge is 0.171 e. The van der Waals surface area contributed by atoms with Crippen molar-refractivity contribution in [2.45, 2.75) is 6.54 Å². The van der Waals surface area contributed by atoms with Crippen molar-refractivity contribution in [3.8, 4) is 5.75 Å². The minimum Gasteiger partial charge on any atom is -0.490 e. The van der Waals surface area contributed by atoms with Gasteiger partial charge in [-0.15, -0.1) is 10.2 Å². The number of rotatable bonds is 7. The Balaban J connectivity index is 0.000000505. The van der Waals surface area contributed by atoms with E-state index >= 15 is 0 Å². The lowest BCUT2D eigenvalue weighted by Gasteiger charge is -2.17. The molecular formula is C15H17ClINO6. The van der Waals surface area contributed by atoms with E-state index < -0.39 is 10.2 Å². The zero-order chi connectivity index (χ0) is 17.8. The molecule has 0 aliphatic heterocycles. The van der Waals surface area contributed by atoms with Crippen LogP contribution in [0, 0.1) is 13.8 Å². The van der Waals surface area contributed by atoms with Crippen LogP contribution in [-0.4, -0.2) is 19.8 Å². The molecule has 0 aliphatic rings. The molecule has 24 heavy (non-hydrogen) atoms. The highest BCUT2D eigenvalue weighted by Crippen LogP contribution is 2.19. The Kier molecular flexibility index (Phi) is 10.1. The molecule has 0 unspecified atom stereocenters. The molecule has 0 N–H and O–H groups in total. The molecule has 0 saturated carbocycles. The first-order valence-electron chi connectivity index (χ1n) is 6.87. The van der Waals surface area contributed by atoms with E-state index in [0.717, 1.165) is 15.9 Å². The second-order valence-corrected chi connectivity index (χ2v) is 6.30. The van der Waals surface area contributed by atoms with Crippen LogP contribution < -0.4 is 27.9 Å². The number of para-hydroxylation sites is 1. The summed E-state index contributed by atoms with van der Waals surface area (Å²) in [5.41, 5.74) is 0. The van der Waals surface area contributed by atoms with Gasteiger partial charge in [0.05, 0.1) is 10.2 Å². The first kappa shape index (κ1) is 21.0. The SMILES string of the molecule is Ic1ccccc1OCCOCC[n+]1ccccc1.[O-][Cl+3]([O-])([O-])[O-]. The summed E-state index contributed by atoms with van der Waals surface area (Å²) < 4.78 is 48.4. The van der Waals surface area contributed by atoms with Crippen LogP contribution in [0.25, 0.3) is 0 Å². The van der Waals surface area contributed by atoms with Crippen molar-refractivity contribution < 1.29 is 42.9 Å². The van der Waals surface area contributed by atoms with Crippen molar-refractivity contribution in [2.24, 2.45) is 0 Å². The number of halogens is 2. The molecule has 132 valence electrons. The number of ether oxygens (including phenoxy) is 2. The minimum absolute atomic E-state index is 0.583. The van der Waals surface area contributed by atoms with Crippen LogP contribution in [-0.2, 0) is 11.3 Å². The highest BCUT2D eigenvalue weighted by molar-refractivity contribution is 14.1. The summed E-state index contributed by atoms with van der Waals surface area (Å²) in [4.78, 5) is 0. The highest BCUT2D eigenvalue weighted by Gasteiger charge is 2.00. The Labute approximate surface area is 156 Å². The summed E-state index contributed by atoms with van der Waals surface area (Å²) in [6.45, 7) is 2.76. The van der Waals surface area contributed by atoms with Crippen molar-refractivity contribution >= 4 is 22.6 Å². The van der Waals surface area contributed by atoms with Gasteiger partial charge < -0.3 is 9.47 Å². The third kappa shape index (κ3) is 11.5. The molecule has 2 rings (SSSR count). The van der Waals surface area contributed by atoms with Gasteiger partial charge in [0.1, 0.15) is 19.0 Å². The maximum atomic E-state index is 8.49. The van der Waals surface area contributed by atoms with E-state index in [1.165, 1.54) is 0 Å². The molecule has 1 heterocycles. The predicted octanol–water partition coefficient (Wildman–Crippen LogP) is -2.08. The van der Waals surface area contributed by atoms with Gasteiger partial charge in [0.25, 0.3) is 0 Å². The van der Waals surface area contributed by atoms with Gasteiger partial charge in [-0.25, -0.2) is 23.2 Å². The Morgan fingerprint density at radius 2 is 1.50 bits per heavy atom. The first-order chi connectivity index (χ1) is 11.4. The zero-order valence-electron chi connectivity index (χ0n) is 12.7. The number of hydrogen-bond acceptors (Lipinski definition) is 6. The van der Waals surface area contributed by atoms with E-state index in [9.17, 15) is 0 Å². The molecule has 1 aromatic carbocycles. The van der Waals surface area contributed by atoms with Gasteiger partial charge in [0.15, 0.2) is 18.9 Å². The summed E-state index contributed by atoms with van der Waals surface area (Å²) in [7, 11) is -4.94. The number of hydrogen-bond donors (Lipinski definition) is 0. The normalized spacial score (nSPS) is 10.7. The Morgan fingerprint density at radius 3 is 2.12 bits per heavy atom. The molecule has 0 atom stereocenters. The molecule has 0 saturated heterocycles. The summed E-state index contributed by atoms with van der Waals surface area (Å²) in [6.07, 6.45) is 4.07. The van der Waals surface area contributed by atoms with Crippen molar-refractivity contribution in [3.05, 3.63) is 58.4 Å². The lowest BCUT2D eigenvalue weighted by Crippen LogP contribution is -2.68. The molecular weight excluding hydrogens is 453 g/mol. The molecule has 9 heteroatoms. The van der Waals surface area contributed by atoms with Crippen molar-refractivity contribution in [2.75, 3.05) is 19.8 Å². The van der Waals surface area contributed by atoms with Gasteiger partial charge >= 0.3 is 0 Å². The van der Waals surface area contributed by atoms with Crippen LogP contribution in [0.4, 0.5) is 0 Å². The lowest BCUT2D eigenvalue weighted by atomic mass is 10.3. The van der Waals surface area contributed by atoms with Crippen molar-refractivity contribution in [3.63, 3.8) is 0 Å². The molecule has 0 spiro atoms. The molecule has 2 aromatic rings. The van der Waals surface area contributed by atoms with E-state index in [1.807, 2.05) is 54.9 Å². The van der Waals surface area contributed by atoms with Gasteiger partial charge in [0.2, 0.25) is 0 Å². The monoisotopic (exact) mass is 469 g/mol. The standard InChI is InChI=1S/C15H17INO2.ClHO4/c16-14-6-2-3-7-15(14)19-13-12-18-11-10-17-8-4-1-5-9-17;2-1(3,4)5/h1-9H,10-13H2;(H,2,3,4,5)/q+1;/p-1. The number of pyridine rings is 1. The summed E-state index contributed by atoms with van der Waals surface area (Å²) in [5, 5.41) is 0. The van der Waals surface area contributed by atoms with Gasteiger partial charge in [-0.2, -0.15) is 0 Å². The fourth-order valence-electron chi connectivity index (χ4n) is 1.63. The largest absolute Gasteiger partial charge is 0.490 e. The van der Waals surface area contributed by atoms with E-state index in [-0.39, 0.29) is 0 Å². The molecule has 0 amide bonds. The quantitative estimate of drug-likeness (QED) is 0.261. The van der Waals surface area contributed by atoms with E-state index in [0.29, 0.717) is 19.8 Å². The molecule has 0 bridgehead atoms. The number of benzene rings is 1. The van der Waals surface area contributed by atoms with E-state index in [2.05, 4.69) is 27.2 Å². The van der Waals surface area contributed by atoms with Crippen LogP contribution in [0.2, 0.25) is 0 Å². The third-order valence-electron chi connectivity index (χ3n) is 2.59. The third-order valence-corrected chi connectivity index (χ3v) is 3.48. The van der Waals surface area contributed by atoms with Gasteiger partial charge in [-0.05, 0) is 34.7 Å². The van der Waals surface area contributed by atoms with Crippen LogP contribution in [0.1, 0.15) is 0 Å². The maximum Gasteiger partial charge on any atom is 0.171 e. The summed E-state index contributed by atoms with van der Waals surface area (Å²) >= 11 is 2.27. The average Bonchev–Trinajstić information content (AvgIpc) is 2.52. The predicted molar refractivity (Wildman–Crippen MR) is 82.1 cm³/mol. The second-order valence-electron chi connectivity index (χ2n) is 4.38. The number of aromatic nitrogens is 1. The Morgan fingerprint density at radius 1 is 0.875 bits per heavy atom. The molecule has 1 aromatic heterocycles. The van der Waals surface area contributed by atoms with E-state index in [4.69, 9.17) is 28.1 Å². The lowest BCUT2D eigenvalue weighted by molar-refractivity contribution is -2.00. The fourth-order valence-corrected chi connectivity index (χ4v) is 2.17. The van der Waals surface area contributed by atoms with Gasteiger partial charge in [-0.1, -0.05) is 18.2 Å². The summed E-state index contributed by atoms with van der Waals surface area (Å²) in [6, 6.07) is 14.0. The Bertz CT molecular complexity index is 576. The number of nitrogens with zero attached hydrogens (tertiary/aromatic N) is 1.